The van der Waals surface area contributed by atoms with Crippen LogP contribution in [0.4, 0.5) is 9.18 Å². The maximum atomic E-state index is 12.9. The summed E-state index contributed by atoms with van der Waals surface area (Å²) in [5.74, 6) is -0.929. The predicted molar refractivity (Wildman–Crippen MR) is 100 cm³/mol. The molecule has 1 saturated heterocycles. The largest absolute Gasteiger partial charge is 0.354 e. The molecule has 8 heteroatoms. The van der Waals surface area contributed by atoms with Crippen LogP contribution in [0.2, 0.25) is 0 Å². The van der Waals surface area contributed by atoms with E-state index in [9.17, 15) is 18.8 Å². The van der Waals surface area contributed by atoms with Crippen LogP contribution in [0.5, 0.6) is 0 Å². The number of imide groups is 1. The van der Waals surface area contributed by atoms with Crippen molar-refractivity contribution in [3.63, 3.8) is 0 Å². The second-order valence-electron chi connectivity index (χ2n) is 5.54. The first-order valence-corrected chi connectivity index (χ1v) is 9.57. The second kappa shape index (κ2) is 8.29. The molecule has 3 amide bonds. The minimum absolute atomic E-state index is 0.112. The van der Waals surface area contributed by atoms with Crippen LogP contribution in [-0.4, -0.2) is 35.0 Å². The fourth-order valence-corrected chi connectivity index (χ4v) is 3.89. The molecule has 1 aromatic carbocycles. The van der Waals surface area contributed by atoms with E-state index in [0.29, 0.717) is 5.56 Å². The average molecular weight is 390 g/mol. The van der Waals surface area contributed by atoms with Gasteiger partial charge in [0.05, 0.1) is 11.3 Å². The van der Waals surface area contributed by atoms with E-state index in [1.54, 1.807) is 6.08 Å². The molecule has 2 heterocycles. The predicted octanol–water partition coefficient (Wildman–Crippen LogP) is 3.28. The van der Waals surface area contributed by atoms with E-state index in [2.05, 4.69) is 5.32 Å². The Labute approximate surface area is 157 Å². The highest BCUT2D eigenvalue weighted by atomic mass is 32.2. The first-order valence-electron chi connectivity index (χ1n) is 7.81. The number of carbonyl (C=O) groups excluding carboxylic acids is 3. The number of halogens is 1. The van der Waals surface area contributed by atoms with E-state index < -0.39 is 5.91 Å². The molecule has 1 fully saturated rings. The highest BCUT2D eigenvalue weighted by Gasteiger charge is 2.34. The molecule has 3 rings (SSSR count). The molecule has 0 bridgehead atoms. The van der Waals surface area contributed by atoms with E-state index in [-0.39, 0.29) is 41.4 Å². The summed E-state index contributed by atoms with van der Waals surface area (Å²) in [4.78, 5) is 37.6. The van der Waals surface area contributed by atoms with Gasteiger partial charge in [-0.3, -0.25) is 19.3 Å². The van der Waals surface area contributed by atoms with Crippen molar-refractivity contribution in [3.05, 3.63) is 62.9 Å². The SMILES string of the molecule is O=C(Cc1ccsc1)NCCN1C(=O)S/C(=C\c2ccc(F)cc2)C1=O. The van der Waals surface area contributed by atoms with Crippen LogP contribution in [0.15, 0.2) is 46.0 Å². The number of hydrogen-bond acceptors (Lipinski definition) is 5. The van der Waals surface area contributed by atoms with Gasteiger partial charge in [-0.25, -0.2) is 4.39 Å². The lowest BCUT2D eigenvalue weighted by atomic mass is 10.2. The third kappa shape index (κ3) is 4.59. The summed E-state index contributed by atoms with van der Waals surface area (Å²) < 4.78 is 12.9. The average Bonchev–Trinajstić information content (AvgIpc) is 3.20. The van der Waals surface area contributed by atoms with Crippen LogP contribution < -0.4 is 5.32 Å². The summed E-state index contributed by atoms with van der Waals surface area (Å²) >= 11 is 2.36. The number of nitrogens with zero attached hydrogens (tertiary/aromatic N) is 1. The van der Waals surface area contributed by atoms with Gasteiger partial charge in [0.15, 0.2) is 0 Å². The zero-order chi connectivity index (χ0) is 18.5. The molecule has 26 heavy (non-hydrogen) atoms. The van der Waals surface area contributed by atoms with Gasteiger partial charge >= 0.3 is 0 Å². The summed E-state index contributed by atoms with van der Waals surface area (Å²) in [6.45, 7) is 0.311. The standard InChI is InChI=1S/C18H15FN2O3S2/c19-14-3-1-12(2-4-14)9-15-17(23)21(18(24)26-15)7-6-20-16(22)10-13-5-8-25-11-13/h1-5,8-9,11H,6-7,10H2,(H,20,22)/b15-9-. The van der Waals surface area contributed by atoms with Crippen molar-refractivity contribution in [2.45, 2.75) is 6.42 Å². The van der Waals surface area contributed by atoms with Gasteiger partial charge in [0, 0.05) is 13.1 Å². The van der Waals surface area contributed by atoms with Crippen molar-refractivity contribution in [1.29, 1.82) is 0 Å². The summed E-state index contributed by atoms with van der Waals surface area (Å²) in [6, 6.07) is 7.53. The Morgan fingerprint density at radius 1 is 1.19 bits per heavy atom. The Balaban J connectivity index is 1.54. The van der Waals surface area contributed by atoms with Gasteiger partial charge in [-0.05, 0) is 57.9 Å². The van der Waals surface area contributed by atoms with Crippen molar-refractivity contribution in [3.8, 4) is 0 Å². The lowest BCUT2D eigenvalue weighted by Gasteiger charge is -2.12. The zero-order valence-corrected chi connectivity index (χ0v) is 15.2. The lowest BCUT2D eigenvalue weighted by Crippen LogP contribution is -2.37. The smallest absolute Gasteiger partial charge is 0.293 e. The maximum Gasteiger partial charge on any atom is 0.293 e. The second-order valence-corrected chi connectivity index (χ2v) is 7.32. The summed E-state index contributed by atoms with van der Waals surface area (Å²) in [7, 11) is 0. The van der Waals surface area contributed by atoms with Crippen molar-refractivity contribution in [1.82, 2.24) is 10.2 Å². The van der Waals surface area contributed by atoms with E-state index in [4.69, 9.17) is 0 Å². The molecule has 0 atom stereocenters. The number of thiophene rings is 1. The van der Waals surface area contributed by atoms with Crippen LogP contribution in [0, 0.1) is 5.82 Å². The number of amides is 3. The van der Waals surface area contributed by atoms with E-state index in [1.165, 1.54) is 35.6 Å². The maximum absolute atomic E-state index is 12.9. The number of benzene rings is 1. The van der Waals surface area contributed by atoms with Crippen LogP contribution >= 0.6 is 23.1 Å². The Hall–Kier alpha value is -2.45. The Kier molecular flexibility index (Phi) is 5.85. The number of nitrogens with one attached hydrogen (secondary N) is 1. The fraction of sp³-hybridized carbons (Fsp3) is 0.167. The van der Waals surface area contributed by atoms with E-state index in [0.717, 1.165) is 22.2 Å². The van der Waals surface area contributed by atoms with Gasteiger partial charge in [-0.2, -0.15) is 11.3 Å². The topological polar surface area (TPSA) is 66.5 Å². The Morgan fingerprint density at radius 3 is 2.65 bits per heavy atom. The van der Waals surface area contributed by atoms with Gasteiger partial charge in [0.1, 0.15) is 5.82 Å². The number of thioether (sulfide) groups is 1. The number of hydrogen-bond donors (Lipinski definition) is 1. The normalized spacial score (nSPS) is 15.7. The van der Waals surface area contributed by atoms with E-state index in [1.807, 2.05) is 16.8 Å². The van der Waals surface area contributed by atoms with E-state index >= 15 is 0 Å². The monoisotopic (exact) mass is 390 g/mol. The van der Waals surface area contributed by atoms with Gasteiger partial charge in [-0.15, -0.1) is 0 Å². The first kappa shape index (κ1) is 18.3. The molecule has 0 saturated carbocycles. The molecule has 0 radical (unpaired) electrons. The third-order valence-electron chi connectivity index (χ3n) is 3.64. The fourth-order valence-electron chi connectivity index (χ4n) is 2.35. The lowest BCUT2D eigenvalue weighted by molar-refractivity contribution is -0.124. The summed E-state index contributed by atoms with van der Waals surface area (Å²) in [5, 5.41) is 6.13. The molecule has 0 unspecified atom stereocenters. The molecule has 1 aliphatic rings. The summed E-state index contributed by atoms with van der Waals surface area (Å²) in [6.07, 6.45) is 1.83. The molecule has 5 nitrogen and oxygen atoms in total. The van der Waals surface area contributed by atoms with Gasteiger partial charge in [0.2, 0.25) is 5.91 Å². The molecule has 0 spiro atoms. The quantitative estimate of drug-likeness (QED) is 0.769. The molecular formula is C18H15FN2O3S2. The van der Waals surface area contributed by atoms with Crippen molar-refractivity contribution >= 4 is 46.2 Å². The number of rotatable bonds is 6. The van der Waals surface area contributed by atoms with Gasteiger partial charge < -0.3 is 5.32 Å². The Bertz CT molecular complexity index is 848. The minimum Gasteiger partial charge on any atom is -0.354 e. The molecule has 1 aliphatic heterocycles. The summed E-state index contributed by atoms with van der Waals surface area (Å²) in [5.41, 5.74) is 1.57. The van der Waals surface area contributed by atoms with Gasteiger partial charge in [-0.1, -0.05) is 12.1 Å². The minimum atomic E-state index is -0.406. The third-order valence-corrected chi connectivity index (χ3v) is 5.28. The van der Waals surface area contributed by atoms with Crippen LogP contribution in [-0.2, 0) is 16.0 Å². The molecule has 134 valence electrons. The van der Waals surface area contributed by atoms with Crippen molar-refractivity contribution < 1.29 is 18.8 Å². The molecule has 1 N–H and O–H groups in total. The van der Waals surface area contributed by atoms with Crippen LogP contribution in [0.25, 0.3) is 6.08 Å². The number of carbonyl (C=O) groups is 3. The first-order chi connectivity index (χ1) is 12.5. The van der Waals surface area contributed by atoms with Gasteiger partial charge in [0.25, 0.3) is 11.1 Å². The van der Waals surface area contributed by atoms with Crippen LogP contribution in [0.3, 0.4) is 0 Å². The van der Waals surface area contributed by atoms with Crippen molar-refractivity contribution in [2.75, 3.05) is 13.1 Å². The zero-order valence-electron chi connectivity index (χ0n) is 13.6. The molecule has 2 aromatic rings. The molecule has 1 aromatic heterocycles. The highest BCUT2D eigenvalue weighted by molar-refractivity contribution is 8.18. The van der Waals surface area contributed by atoms with Crippen molar-refractivity contribution in [2.24, 2.45) is 0 Å². The highest BCUT2D eigenvalue weighted by Crippen LogP contribution is 2.31. The molecular weight excluding hydrogens is 375 g/mol. The molecule has 0 aliphatic carbocycles. The van der Waals surface area contributed by atoms with Crippen LogP contribution in [0.1, 0.15) is 11.1 Å². The Morgan fingerprint density at radius 2 is 1.96 bits per heavy atom.